The highest BCUT2D eigenvalue weighted by molar-refractivity contribution is 5.65. The van der Waals surface area contributed by atoms with Gasteiger partial charge in [-0.2, -0.15) is 0 Å². The van der Waals surface area contributed by atoms with Crippen molar-refractivity contribution >= 4 is 5.97 Å². The Balaban J connectivity index is -0.0000000380. The summed E-state index contributed by atoms with van der Waals surface area (Å²) in [5, 5.41) is 15.2. The van der Waals surface area contributed by atoms with Crippen LogP contribution in [0.3, 0.4) is 0 Å². The zero-order valence-corrected chi connectivity index (χ0v) is 20.0. The van der Waals surface area contributed by atoms with Crippen molar-refractivity contribution in [3.63, 3.8) is 0 Å². The molecule has 2 N–H and O–H groups in total. The van der Waals surface area contributed by atoms with Gasteiger partial charge in [0.15, 0.2) is 0 Å². The fraction of sp³-hybridized carbons (Fsp3) is 0.609. The molecule has 28 heavy (non-hydrogen) atoms. The first-order valence-electron chi connectivity index (χ1n) is 9.47. The Labute approximate surface area is 176 Å². The van der Waals surface area contributed by atoms with Crippen molar-refractivity contribution in [2.45, 2.75) is 61.8 Å². The van der Waals surface area contributed by atoms with Crippen molar-refractivity contribution in [1.29, 1.82) is 0 Å². The van der Waals surface area contributed by atoms with Gasteiger partial charge in [-0.15, -0.1) is 26.3 Å². The molecule has 5 nitrogen and oxygen atoms in total. The molecule has 0 atom stereocenters. The average molecular weight is 407 g/mol. The molecule has 0 rings (SSSR count). The first kappa shape index (κ1) is 45.2. The average Bonchev–Trinajstić information content (AvgIpc) is 2.64. The summed E-state index contributed by atoms with van der Waals surface area (Å²) in [5.74, 6) is -0.193. The molecule has 0 aromatic carbocycles. The number of ether oxygens (including phenoxy) is 2. The van der Waals surface area contributed by atoms with Gasteiger partial charge in [0.1, 0.15) is 0 Å². The second-order valence-corrected chi connectivity index (χ2v) is 4.20. The van der Waals surface area contributed by atoms with Gasteiger partial charge in [0.05, 0.1) is 19.8 Å². The van der Waals surface area contributed by atoms with Gasteiger partial charge in [0.25, 0.3) is 0 Å². The summed E-state index contributed by atoms with van der Waals surface area (Å²) in [6.45, 7) is 30.3. The number of esters is 1. The minimum Gasteiger partial charge on any atom is -0.466 e. The predicted octanol–water partition coefficient (Wildman–Crippen LogP) is 5.74. The monoisotopic (exact) mass is 406 g/mol. The number of hydrogen-bond donors (Lipinski definition) is 2. The normalized spacial score (nSPS) is 6.50. The van der Waals surface area contributed by atoms with Crippen LogP contribution in [0, 0.1) is 0 Å². The Bertz CT molecular complexity index is 223. The van der Waals surface area contributed by atoms with E-state index in [-0.39, 0.29) is 19.2 Å². The molecule has 0 aliphatic heterocycles. The zero-order chi connectivity index (χ0) is 24.1. The lowest BCUT2D eigenvalue weighted by atomic mass is 10.5. The third-order valence-corrected chi connectivity index (χ3v) is 1.02. The van der Waals surface area contributed by atoms with E-state index in [1.807, 2.05) is 48.5 Å². The van der Waals surface area contributed by atoms with Crippen molar-refractivity contribution in [3.05, 3.63) is 50.6 Å². The lowest BCUT2D eigenvalue weighted by Gasteiger charge is -1.93. The van der Waals surface area contributed by atoms with Crippen LogP contribution in [0.2, 0.25) is 0 Å². The van der Waals surface area contributed by atoms with Gasteiger partial charge in [-0.05, 0) is 48.0 Å². The molecule has 0 bridgehead atoms. The van der Waals surface area contributed by atoms with Crippen molar-refractivity contribution < 1.29 is 24.5 Å². The van der Waals surface area contributed by atoms with Gasteiger partial charge in [0, 0.05) is 20.1 Å². The molecular weight excluding hydrogens is 356 g/mol. The van der Waals surface area contributed by atoms with E-state index in [9.17, 15) is 4.79 Å². The second-order valence-electron chi connectivity index (χ2n) is 4.20. The van der Waals surface area contributed by atoms with Crippen LogP contribution in [0.5, 0.6) is 0 Å². The van der Waals surface area contributed by atoms with Crippen LogP contribution in [0.1, 0.15) is 61.8 Å². The molecule has 0 spiro atoms. The van der Waals surface area contributed by atoms with E-state index >= 15 is 0 Å². The van der Waals surface area contributed by atoms with Gasteiger partial charge in [-0.1, -0.05) is 31.2 Å². The molecule has 0 amide bonds. The second kappa shape index (κ2) is 84.4. The summed E-state index contributed by atoms with van der Waals surface area (Å²) in [6.07, 6.45) is 7.90. The Morgan fingerprint density at radius 1 is 0.786 bits per heavy atom. The Morgan fingerprint density at radius 3 is 1.07 bits per heavy atom. The van der Waals surface area contributed by atoms with E-state index in [1.54, 1.807) is 24.3 Å². The third-order valence-electron chi connectivity index (χ3n) is 1.02. The molecule has 0 aliphatic carbocycles. The van der Waals surface area contributed by atoms with Crippen LogP contribution in [0.25, 0.3) is 0 Å². The van der Waals surface area contributed by atoms with E-state index in [2.05, 4.69) is 31.1 Å². The Hall–Kier alpha value is -1.69. The summed E-state index contributed by atoms with van der Waals surface area (Å²) in [5.41, 5.74) is 0. The lowest BCUT2D eigenvalue weighted by Crippen LogP contribution is -1.98. The van der Waals surface area contributed by atoms with Crippen LogP contribution in [-0.2, 0) is 14.3 Å². The van der Waals surface area contributed by atoms with E-state index in [4.69, 9.17) is 14.9 Å². The fourth-order valence-corrected chi connectivity index (χ4v) is 0.450. The molecule has 0 aromatic heterocycles. The van der Waals surface area contributed by atoms with E-state index < -0.39 is 0 Å². The Morgan fingerprint density at radius 2 is 1.04 bits per heavy atom. The SMILES string of the molecule is C=CC.C=CC.C=CC.C=CC.CCCOC(C)=O.CCOCC.OCCO. The minimum absolute atomic E-state index is 0.125. The number of carbonyl (C=O) groups is 1. The maximum atomic E-state index is 9.98. The molecule has 0 fully saturated rings. The molecule has 0 saturated heterocycles. The van der Waals surface area contributed by atoms with Crippen molar-refractivity contribution in [2.24, 2.45) is 0 Å². The number of aliphatic hydroxyl groups excluding tert-OH is 2. The lowest BCUT2D eigenvalue weighted by molar-refractivity contribution is -0.140. The Kier molecular flexibility index (Phi) is 136. The topological polar surface area (TPSA) is 76.0 Å². The van der Waals surface area contributed by atoms with Crippen molar-refractivity contribution in [2.75, 3.05) is 33.0 Å². The summed E-state index contributed by atoms with van der Waals surface area (Å²) < 4.78 is 9.39. The fourth-order valence-electron chi connectivity index (χ4n) is 0.450. The van der Waals surface area contributed by atoms with Crippen molar-refractivity contribution in [3.8, 4) is 0 Å². The molecule has 0 aromatic rings. The standard InChI is InChI=1S/C5H10O2.C4H10O.4C3H6.C2H6O2/c1-3-4-7-5(2)6;1-3-5-4-2;4*1-3-2;3-1-2-4/h3-4H2,1-2H3;3-4H2,1-2H3;4*3H,1H2,2H3;3-4H,1-2H2. The molecule has 0 radical (unpaired) electrons. The maximum Gasteiger partial charge on any atom is 0.302 e. The van der Waals surface area contributed by atoms with Crippen LogP contribution < -0.4 is 0 Å². The molecule has 0 unspecified atom stereocenters. The first-order valence-corrected chi connectivity index (χ1v) is 9.47. The highest BCUT2D eigenvalue weighted by Crippen LogP contribution is 1.78. The molecular formula is C23H50O5. The van der Waals surface area contributed by atoms with Crippen LogP contribution in [-0.4, -0.2) is 49.2 Å². The molecule has 5 heteroatoms. The van der Waals surface area contributed by atoms with Crippen molar-refractivity contribution in [1.82, 2.24) is 0 Å². The number of allylic oxidation sites excluding steroid dienone is 4. The van der Waals surface area contributed by atoms with Gasteiger partial charge in [0.2, 0.25) is 0 Å². The minimum atomic E-state index is -0.193. The summed E-state index contributed by atoms with van der Waals surface area (Å²) in [6, 6.07) is 0. The van der Waals surface area contributed by atoms with Crippen LogP contribution >= 0.6 is 0 Å². The van der Waals surface area contributed by atoms with Gasteiger partial charge < -0.3 is 19.7 Å². The maximum absolute atomic E-state index is 9.98. The summed E-state index contributed by atoms with van der Waals surface area (Å²) in [4.78, 5) is 9.98. The molecule has 172 valence electrons. The van der Waals surface area contributed by atoms with E-state index in [0.717, 1.165) is 19.6 Å². The highest BCUT2D eigenvalue weighted by atomic mass is 16.5. The molecule has 0 saturated carbocycles. The largest absolute Gasteiger partial charge is 0.466 e. The van der Waals surface area contributed by atoms with Gasteiger partial charge >= 0.3 is 5.97 Å². The molecule has 0 aliphatic rings. The van der Waals surface area contributed by atoms with Gasteiger partial charge in [-0.3, -0.25) is 4.79 Å². The molecule has 0 heterocycles. The summed E-state index contributed by atoms with van der Waals surface area (Å²) in [7, 11) is 0. The van der Waals surface area contributed by atoms with E-state index in [1.165, 1.54) is 6.92 Å². The van der Waals surface area contributed by atoms with Crippen LogP contribution in [0.4, 0.5) is 0 Å². The number of aliphatic hydroxyl groups is 2. The zero-order valence-electron chi connectivity index (χ0n) is 20.0. The predicted molar refractivity (Wildman–Crippen MR) is 127 cm³/mol. The number of carbonyl (C=O) groups excluding carboxylic acids is 1. The number of rotatable bonds is 5. The van der Waals surface area contributed by atoms with Crippen LogP contribution in [0.15, 0.2) is 50.6 Å². The smallest absolute Gasteiger partial charge is 0.302 e. The number of hydrogen-bond acceptors (Lipinski definition) is 5. The van der Waals surface area contributed by atoms with E-state index in [0.29, 0.717) is 6.61 Å². The van der Waals surface area contributed by atoms with Gasteiger partial charge in [-0.25, -0.2) is 0 Å². The third kappa shape index (κ3) is 468. The quantitative estimate of drug-likeness (QED) is 0.449. The first-order chi connectivity index (χ1) is 13.3. The highest BCUT2D eigenvalue weighted by Gasteiger charge is 1.85. The summed E-state index contributed by atoms with van der Waals surface area (Å²) >= 11 is 0.